The number of phosphoric ester groups is 1. The molecule has 0 aromatic carbocycles. The van der Waals surface area contributed by atoms with Crippen LogP contribution in [0.4, 0.5) is 0 Å². The molecular formula is C36H62NO9P. The van der Waals surface area contributed by atoms with Crippen molar-refractivity contribution in [3.63, 3.8) is 0 Å². The largest absolute Gasteiger partial charge is 0.480 e. The van der Waals surface area contributed by atoms with Gasteiger partial charge in [-0.25, -0.2) is 4.57 Å². The number of nitrogens with two attached hydrogens (primary N) is 1. The van der Waals surface area contributed by atoms with E-state index < -0.39 is 45.1 Å². The van der Waals surface area contributed by atoms with Crippen molar-refractivity contribution in [2.75, 3.05) is 26.4 Å². The number of carbonyl (C=O) groups is 2. The van der Waals surface area contributed by atoms with Crippen LogP contribution in [0, 0.1) is 0 Å². The van der Waals surface area contributed by atoms with Crippen LogP contribution in [0.15, 0.2) is 60.8 Å². The molecule has 0 aromatic rings. The first-order valence-electron chi connectivity index (χ1n) is 17.3. The average Bonchev–Trinajstić information content (AvgIpc) is 3.04. The van der Waals surface area contributed by atoms with E-state index in [-0.39, 0.29) is 13.0 Å². The number of rotatable bonds is 32. The van der Waals surface area contributed by atoms with Crippen LogP contribution in [0.25, 0.3) is 0 Å². The van der Waals surface area contributed by atoms with E-state index in [1.54, 1.807) is 6.08 Å². The molecule has 0 rings (SSSR count). The second-order valence-electron chi connectivity index (χ2n) is 11.3. The zero-order chi connectivity index (χ0) is 34.9. The highest BCUT2D eigenvalue weighted by atomic mass is 31.2. The molecule has 0 saturated heterocycles. The van der Waals surface area contributed by atoms with Gasteiger partial charge in [-0.2, -0.15) is 0 Å². The fourth-order valence-corrected chi connectivity index (χ4v) is 4.93. The van der Waals surface area contributed by atoms with Crippen LogP contribution in [0.5, 0.6) is 0 Å². The Balaban J connectivity index is 4.53. The summed E-state index contributed by atoms with van der Waals surface area (Å²) >= 11 is 0. The lowest BCUT2D eigenvalue weighted by molar-refractivity contribution is -0.153. The second kappa shape index (κ2) is 32.2. The predicted octanol–water partition coefficient (Wildman–Crippen LogP) is 8.52. The first kappa shape index (κ1) is 44.7. The Morgan fingerprint density at radius 1 is 0.681 bits per heavy atom. The maximum absolute atomic E-state index is 12.5. The second-order valence-corrected chi connectivity index (χ2v) is 12.7. The van der Waals surface area contributed by atoms with Crippen LogP contribution in [-0.2, 0) is 32.7 Å². The normalized spacial score (nSPS) is 15.0. The van der Waals surface area contributed by atoms with Gasteiger partial charge in [0.1, 0.15) is 12.1 Å². The molecule has 0 aliphatic carbocycles. The number of ether oxygens (including phenoxy) is 2. The van der Waals surface area contributed by atoms with E-state index in [0.29, 0.717) is 13.0 Å². The summed E-state index contributed by atoms with van der Waals surface area (Å²) in [6, 6.07) is -1.49. The van der Waals surface area contributed by atoms with Crippen molar-refractivity contribution in [2.24, 2.45) is 5.73 Å². The maximum Gasteiger partial charge on any atom is 0.472 e. The summed E-state index contributed by atoms with van der Waals surface area (Å²) in [5.74, 6) is -1.92. The number of carboxylic acid groups (broad SMARTS) is 1. The quantitative estimate of drug-likeness (QED) is 0.0272. The highest BCUT2D eigenvalue weighted by Crippen LogP contribution is 2.43. The van der Waals surface area contributed by atoms with E-state index in [4.69, 9.17) is 24.8 Å². The van der Waals surface area contributed by atoms with Crippen molar-refractivity contribution in [2.45, 2.75) is 129 Å². The zero-order valence-electron chi connectivity index (χ0n) is 28.8. The molecule has 0 bridgehead atoms. The summed E-state index contributed by atoms with van der Waals surface area (Å²) in [5, 5.41) is 8.84. The molecule has 3 unspecified atom stereocenters. The minimum atomic E-state index is -4.63. The minimum Gasteiger partial charge on any atom is -0.480 e. The number of allylic oxidation sites excluding steroid dienone is 9. The monoisotopic (exact) mass is 683 g/mol. The predicted molar refractivity (Wildman–Crippen MR) is 189 cm³/mol. The number of esters is 1. The van der Waals surface area contributed by atoms with E-state index in [9.17, 15) is 19.0 Å². The fourth-order valence-electron chi connectivity index (χ4n) is 4.15. The van der Waals surface area contributed by atoms with Crippen molar-refractivity contribution < 1.29 is 42.7 Å². The van der Waals surface area contributed by atoms with Gasteiger partial charge in [-0.1, -0.05) is 132 Å². The Kier molecular flexibility index (Phi) is 30.6. The smallest absolute Gasteiger partial charge is 0.472 e. The van der Waals surface area contributed by atoms with E-state index in [1.165, 1.54) is 44.9 Å². The van der Waals surface area contributed by atoms with Gasteiger partial charge in [-0.15, -0.1) is 0 Å². The Morgan fingerprint density at radius 2 is 1.15 bits per heavy atom. The van der Waals surface area contributed by atoms with Gasteiger partial charge in [-0.3, -0.25) is 18.6 Å². The molecule has 0 aliphatic rings. The first-order chi connectivity index (χ1) is 22.7. The third kappa shape index (κ3) is 32.0. The zero-order valence-corrected chi connectivity index (χ0v) is 29.7. The van der Waals surface area contributed by atoms with Crippen LogP contribution < -0.4 is 5.73 Å². The number of phosphoric acid groups is 1. The van der Waals surface area contributed by atoms with Gasteiger partial charge in [0.2, 0.25) is 0 Å². The molecular weight excluding hydrogens is 621 g/mol. The van der Waals surface area contributed by atoms with Crippen molar-refractivity contribution >= 4 is 19.8 Å². The van der Waals surface area contributed by atoms with Crippen molar-refractivity contribution in [3.05, 3.63) is 60.8 Å². The van der Waals surface area contributed by atoms with E-state index >= 15 is 0 Å². The summed E-state index contributed by atoms with van der Waals surface area (Å²) in [6.07, 6.45) is 36.0. The molecule has 4 N–H and O–H groups in total. The van der Waals surface area contributed by atoms with Crippen molar-refractivity contribution in [3.8, 4) is 0 Å². The van der Waals surface area contributed by atoms with Gasteiger partial charge in [0, 0.05) is 6.61 Å². The van der Waals surface area contributed by atoms with Gasteiger partial charge in [0.05, 0.1) is 26.2 Å². The molecule has 47 heavy (non-hydrogen) atoms. The van der Waals surface area contributed by atoms with Crippen molar-refractivity contribution in [1.29, 1.82) is 0 Å². The van der Waals surface area contributed by atoms with Gasteiger partial charge in [0.15, 0.2) is 0 Å². The SMILES string of the molecule is CC/C=C\C/C=C\C/C=C\C/C=C\C/C=C\CC(=O)OC(COCCCCCCCCCCCC)COP(=O)(O)OCC(N)C(=O)O. The molecule has 0 saturated carbocycles. The fraction of sp³-hybridized carbons (Fsp3) is 0.667. The van der Waals surface area contributed by atoms with Crippen molar-refractivity contribution in [1.82, 2.24) is 0 Å². The Bertz CT molecular complexity index is 978. The molecule has 3 atom stereocenters. The molecule has 0 radical (unpaired) electrons. The topological polar surface area (TPSA) is 155 Å². The Morgan fingerprint density at radius 3 is 1.66 bits per heavy atom. The molecule has 11 heteroatoms. The minimum absolute atomic E-state index is 0.0171. The molecule has 0 fully saturated rings. The Labute approximate surface area is 283 Å². The van der Waals surface area contributed by atoms with Gasteiger partial charge in [-0.05, 0) is 38.5 Å². The number of carbonyl (C=O) groups excluding carboxylic acids is 1. The molecule has 270 valence electrons. The summed E-state index contributed by atoms with van der Waals surface area (Å²) in [5.41, 5.74) is 5.31. The summed E-state index contributed by atoms with van der Waals surface area (Å²) in [7, 11) is -4.63. The van der Waals surface area contributed by atoms with Gasteiger partial charge < -0.3 is 25.2 Å². The van der Waals surface area contributed by atoms with E-state index in [2.05, 4.69) is 60.9 Å². The molecule has 0 aromatic heterocycles. The lowest BCUT2D eigenvalue weighted by Crippen LogP contribution is -2.34. The molecule has 0 spiro atoms. The molecule has 0 amide bonds. The van der Waals surface area contributed by atoms with Crippen LogP contribution in [-0.4, -0.2) is 60.5 Å². The summed E-state index contributed by atoms with van der Waals surface area (Å²) in [4.78, 5) is 33.2. The number of hydrogen-bond acceptors (Lipinski definition) is 8. The van der Waals surface area contributed by atoms with E-state index in [0.717, 1.165) is 44.9 Å². The standard InChI is InChI=1S/C36H62NO9P/c1-3-5-7-9-11-13-15-16-17-18-19-20-22-24-26-28-35(38)46-33(31-44-47(41,42)45-32-34(37)36(39)40)30-43-29-27-25-23-21-14-12-10-8-6-4-2/h5,7,11,13,16-17,19-20,24,26,33-34H,3-4,6,8-10,12,14-15,18,21-23,25,27-32,37H2,1-2H3,(H,39,40)(H,41,42)/b7-5-,13-11-,17-16-,20-19-,26-24-. The average molecular weight is 684 g/mol. The van der Waals surface area contributed by atoms with Gasteiger partial charge >= 0.3 is 19.8 Å². The van der Waals surface area contributed by atoms with Crippen LogP contribution in [0.2, 0.25) is 0 Å². The number of carboxylic acids is 1. The number of aliphatic carboxylic acids is 1. The van der Waals surface area contributed by atoms with Gasteiger partial charge in [0.25, 0.3) is 0 Å². The third-order valence-corrected chi connectivity index (χ3v) is 7.80. The molecule has 10 nitrogen and oxygen atoms in total. The maximum atomic E-state index is 12.5. The lowest BCUT2D eigenvalue weighted by atomic mass is 10.1. The highest BCUT2D eigenvalue weighted by molar-refractivity contribution is 7.47. The molecule has 0 heterocycles. The lowest BCUT2D eigenvalue weighted by Gasteiger charge is -2.20. The van der Waals surface area contributed by atoms with Crippen LogP contribution >= 0.6 is 7.82 Å². The Hall–Kier alpha value is -2.33. The van der Waals surface area contributed by atoms with Crippen LogP contribution in [0.1, 0.15) is 117 Å². The summed E-state index contributed by atoms with van der Waals surface area (Å²) in [6.45, 7) is 3.59. The number of hydrogen-bond donors (Lipinski definition) is 3. The summed E-state index contributed by atoms with van der Waals surface area (Å²) < 4.78 is 32.9. The highest BCUT2D eigenvalue weighted by Gasteiger charge is 2.27. The van der Waals surface area contributed by atoms with E-state index in [1.807, 2.05) is 12.2 Å². The molecule has 0 aliphatic heterocycles. The third-order valence-electron chi connectivity index (χ3n) is 6.84. The number of unbranched alkanes of at least 4 members (excludes halogenated alkanes) is 9. The van der Waals surface area contributed by atoms with Crippen LogP contribution in [0.3, 0.4) is 0 Å². The first-order valence-corrected chi connectivity index (χ1v) is 18.8.